The fraction of sp³-hybridized carbons (Fsp3) is 0.755. The van der Waals surface area contributed by atoms with Crippen molar-refractivity contribution in [3.8, 4) is 11.8 Å². The van der Waals surface area contributed by atoms with E-state index in [1.54, 1.807) is 20.8 Å². The van der Waals surface area contributed by atoms with Gasteiger partial charge in [0.05, 0.1) is 45.1 Å². The lowest BCUT2D eigenvalue weighted by molar-refractivity contribution is -0.152. The Labute approximate surface area is 472 Å². The number of nitrogens with two attached hydrogens (primary N) is 2. The van der Waals surface area contributed by atoms with E-state index in [0.29, 0.717) is 18.9 Å². The van der Waals surface area contributed by atoms with Gasteiger partial charge in [-0.1, -0.05) is 38.5 Å². The van der Waals surface area contributed by atoms with Crippen LogP contribution in [-0.4, -0.2) is 182 Å². The van der Waals surface area contributed by atoms with Crippen LogP contribution in [0, 0.1) is 5.92 Å². The largest absolute Gasteiger partial charge is 0.476 e. The third-order valence-electron chi connectivity index (χ3n) is 14.7. The van der Waals surface area contributed by atoms with Crippen molar-refractivity contribution in [2.24, 2.45) is 5.92 Å². The number of esters is 1. The number of nitrogens with one attached hydrogen (secondary N) is 2. The summed E-state index contributed by atoms with van der Waals surface area (Å²) in [5.41, 5.74) is 4.23. The second kappa shape index (κ2) is 27.1. The molecule has 81 heavy (non-hydrogen) atoms. The van der Waals surface area contributed by atoms with E-state index in [-0.39, 0.29) is 64.5 Å². The van der Waals surface area contributed by atoms with E-state index >= 15 is 0 Å². The van der Waals surface area contributed by atoms with E-state index in [2.05, 4.69) is 40.1 Å². The Morgan fingerprint density at radius 2 is 1.23 bits per heavy atom. The maximum atomic E-state index is 14.6. The molecule has 2 aliphatic carbocycles. The Morgan fingerprint density at radius 1 is 0.778 bits per heavy atom. The summed E-state index contributed by atoms with van der Waals surface area (Å²) in [5, 5.41) is 58.1. The van der Waals surface area contributed by atoms with Crippen LogP contribution in [-0.2, 0) is 37.5 Å². The fourth-order valence-corrected chi connectivity index (χ4v) is 13.0. The molecule has 4 aliphatic rings. The third-order valence-corrected chi connectivity index (χ3v) is 17.3. The SMILES string of the molecule is CCOc1nc(N)nc2c1ncn2C1O[C@@](CO)(CF)[C@@H](O)[C@@]1(C)O.CCOc1nc(N)nc2c1ncn2[C@@H]1O[C@](CF)(COP(C)(=O)N[C@@H](C)C(=O)OC2CCCCC2)[C@@H](O)[C@@]1(C)O.C[C@H](NP(C)(=O)Cl)C(=O)CC1CCCCC1. The van der Waals surface area contributed by atoms with E-state index in [4.69, 9.17) is 50.9 Å². The van der Waals surface area contributed by atoms with Gasteiger partial charge in [-0.05, 0) is 84.4 Å². The fourth-order valence-electron chi connectivity index (χ4n) is 10.4. The summed E-state index contributed by atoms with van der Waals surface area (Å²) in [6.45, 7) is 5.68. The maximum Gasteiger partial charge on any atom is 0.323 e. The van der Waals surface area contributed by atoms with Gasteiger partial charge in [-0.25, -0.2) is 28.9 Å². The monoisotopic (exact) mass is 1210 g/mol. The van der Waals surface area contributed by atoms with Crippen LogP contribution in [0.4, 0.5) is 20.7 Å². The first-order valence-corrected chi connectivity index (χ1v) is 32.1. The Balaban J connectivity index is 0.000000218. The van der Waals surface area contributed by atoms with E-state index in [1.807, 2.05) is 0 Å². The van der Waals surface area contributed by atoms with E-state index in [9.17, 15) is 53.0 Å². The number of ketones is 1. The molecule has 27 nitrogen and oxygen atoms in total. The lowest BCUT2D eigenvalue weighted by Crippen LogP contribution is -2.53. The highest BCUT2D eigenvalue weighted by Gasteiger charge is 2.64. The lowest BCUT2D eigenvalue weighted by Gasteiger charge is -2.32. The van der Waals surface area contributed by atoms with E-state index < -0.39 is 106 Å². The molecule has 3 unspecified atom stereocenters. The summed E-state index contributed by atoms with van der Waals surface area (Å²) in [5.74, 6) is 0.126. The Hall–Kier alpha value is -4.35. The van der Waals surface area contributed by atoms with E-state index in [1.165, 1.54) is 75.2 Å². The number of ether oxygens (including phenoxy) is 5. The molecule has 8 rings (SSSR count). The topological polar surface area (TPSA) is 388 Å². The number of hydrogen-bond donors (Lipinski definition) is 9. The number of nitrogen functional groups attached to an aromatic ring is 2. The normalized spacial score (nSPS) is 29.4. The standard InChI is InChI=1S/C24H38FN6O8P.C14H20FN5O5.C11H21ClNO2P/c1-5-36-18-16-17(28-22(26)29-18)31(13-27-16)21-23(3,34)20(33)24(11-25,39-21)12-37-40(4,35)30-14(2)19(32)38-15-9-7-6-8-10-15;1-3-24-9-7-8(18-12(16)19-9)20(6-17-7)11-13(2,23)10(22)14(4-15,5-21)25-11;1-9(13-16(2,12)15)11(14)8-10-6-4-3-5-7-10/h13-15,20-21,33-34H,5-12H2,1-4H3,(H,30,35)(H2,26,28,29);6,10-11,21-23H,3-5H2,1-2H3,(H2,16,18,19);9-10H,3-8H2,1-2H3,(H,13,15)/t14-,20-,21+,23+,24+,40?;10-,11?,13+,14+;9-,16?/m000/s1. The minimum Gasteiger partial charge on any atom is -0.476 e. The zero-order valence-electron chi connectivity index (χ0n) is 46.9. The molecule has 11 N–H and O–H groups in total. The van der Waals surface area contributed by atoms with Crippen LogP contribution < -0.4 is 31.1 Å². The number of imidazole rings is 2. The van der Waals surface area contributed by atoms with Gasteiger partial charge in [-0.2, -0.15) is 19.9 Å². The van der Waals surface area contributed by atoms with Crippen molar-refractivity contribution >= 4 is 71.4 Å². The van der Waals surface area contributed by atoms with Gasteiger partial charge in [0.15, 0.2) is 46.0 Å². The predicted octanol–water partition coefficient (Wildman–Crippen LogP) is 4.56. The molecule has 0 amide bonds. The van der Waals surface area contributed by atoms with Crippen LogP contribution in [0.2, 0.25) is 0 Å². The van der Waals surface area contributed by atoms with Gasteiger partial charge in [0.1, 0.15) is 54.7 Å². The van der Waals surface area contributed by atoms with Crippen molar-refractivity contribution < 1.29 is 81.2 Å². The van der Waals surface area contributed by atoms with Gasteiger partial charge >= 0.3 is 5.97 Å². The van der Waals surface area contributed by atoms with Crippen LogP contribution >= 0.6 is 25.4 Å². The zero-order chi connectivity index (χ0) is 59.9. The second-order valence-corrected chi connectivity index (χ2v) is 27.6. The predicted molar refractivity (Wildman–Crippen MR) is 293 cm³/mol. The molecule has 2 saturated carbocycles. The highest BCUT2D eigenvalue weighted by Crippen LogP contribution is 2.50. The molecule has 32 heteroatoms. The van der Waals surface area contributed by atoms with Crippen molar-refractivity contribution in [1.82, 2.24) is 49.2 Å². The van der Waals surface area contributed by atoms with Crippen LogP contribution in [0.3, 0.4) is 0 Å². The molecule has 0 aromatic carbocycles. The van der Waals surface area contributed by atoms with Crippen LogP contribution in [0.25, 0.3) is 22.3 Å². The molecular formula is C49H79ClF2N12O15P2. The minimum absolute atomic E-state index is 0.0881. The van der Waals surface area contributed by atoms with Gasteiger partial charge in [0.2, 0.25) is 30.3 Å². The molecule has 0 radical (unpaired) electrons. The second-order valence-electron chi connectivity index (χ2n) is 21.6. The number of aliphatic hydroxyl groups is 5. The molecular weight excluding hydrogens is 1130 g/mol. The molecule has 2 aliphatic heterocycles. The molecule has 2 saturated heterocycles. The van der Waals surface area contributed by atoms with E-state index in [0.717, 1.165) is 44.9 Å². The average molecular weight is 1210 g/mol. The Bertz CT molecular complexity index is 2870. The number of alkyl halides is 2. The maximum absolute atomic E-state index is 14.6. The van der Waals surface area contributed by atoms with Crippen molar-refractivity contribution in [1.29, 1.82) is 0 Å². The number of rotatable bonds is 21. The molecule has 4 aromatic rings. The lowest BCUT2D eigenvalue weighted by atomic mass is 9.85. The first kappa shape index (κ1) is 65.8. The third kappa shape index (κ3) is 15.3. The quantitative estimate of drug-likeness (QED) is 0.0407. The molecule has 4 fully saturated rings. The van der Waals surface area contributed by atoms with Gasteiger partial charge in [-0.15, -0.1) is 0 Å². The smallest absolute Gasteiger partial charge is 0.323 e. The number of carbonyl (C=O) groups excluding carboxylic acids is 2. The first-order valence-electron chi connectivity index (χ1n) is 26.9. The minimum atomic E-state index is -3.74. The molecule has 0 spiro atoms. The summed E-state index contributed by atoms with van der Waals surface area (Å²) >= 11 is 5.61. The summed E-state index contributed by atoms with van der Waals surface area (Å²) in [6, 6.07) is -1.36. The summed E-state index contributed by atoms with van der Waals surface area (Å²) in [7, 11) is -3.74. The summed E-state index contributed by atoms with van der Waals surface area (Å²) in [4.78, 5) is 48.9. The van der Waals surface area contributed by atoms with Crippen LogP contribution in [0.5, 0.6) is 11.8 Å². The number of halogens is 3. The van der Waals surface area contributed by atoms with Crippen molar-refractivity contribution in [2.75, 3.05) is 64.6 Å². The van der Waals surface area contributed by atoms with Gasteiger partial charge in [-0.3, -0.25) is 27.9 Å². The van der Waals surface area contributed by atoms with Crippen molar-refractivity contribution in [3.63, 3.8) is 0 Å². The molecule has 0 bridgehead atoms. The van der Waals surface area contributed by atoms with Crippen molar-refractivity contribution in [2.45, 2.75) is 177 Å². The average Bonchev–Trinajstić information content (AvgIpc) is 4.16. The number of fused-ring (bicyclic) bond motifs is 2. The highest BCUT2D eigenvalue weighted by molar-refractivity contribution is 7.87. The number of aromatic nitrogens is 8. The zero-order valence-corrected chi connectivity index (χ0v) is 49.4. The number of aliphatic hydroxyl groups excluding tert-OH is 3. The molecule has 456 valence electrons. The number of nitrogens with zero attached hydrogens (tertiary/aromatic N) is 8. The number of anilines is 2. The van der Waals surface area contributed by atoms with Crippen LogP contribution in [0.1, 0.15) is 125 Å². The van der Waals surface area contributed by atoms with Gasteiger partial charge in [0, 0.05) is 19.8 Å². The summed E-state index contributed by atoms with van der Waals surface area (Å²) in [6.07, 6.45) is 7.54. The molecule has 6 heterocycles. The Morgan fingerprint density at radius 3 is 1.67 bits per heavy atom. The van der Waals surface area contributed by atoms with Gasteiger partial charge < -0.3 is 65.2 Å². The number of hydrogen-bond acceptors (Lipinski definition) is 23. The number of Topliss-reactive ketones (excluding diaryl/α,β-unsaturated/α-hetero) is 1. The molecule has 4 aromatic heterocycles. The molecule has 12 atom stereocenters. The summed E-state index contributed by atoms with van der Waals surface area (Å²) < 4.78 is 88.4. The van der Waals surface area contributed by atoms with Crippen molar-refractivity contribution in [3.05, 3.63) is 12.7 Å². The van der Waals surface area contributed by atoms with Gasteiger partial charge in [0.25, 0.3) is 7.52 Å². The van der Waals surface area contributed by atoms with Crippen LogP contribution in [0.15, 0.2) is 12.7 Å². The Kier molecular flexibility index (Phi) is 22.0. The highest BCUT2D eigenvalue weighted by atomic mass is 35.7. The number of carbonyl (C=O) groups is 2. The first-order chi connectivity index (χ1) is 38.0.